The first kappa shape index (κ1) is 17.6. The summed E-state index contributed by atoms with van der Waals surface area (Å²) in [4.78, 5) is 26.6. The Morgan fingerprint density at radius 3 is 3.04 bits per heavy atom. The van der Waals surface area contributed by atoms with Crippen molar-refractivity contribution < 1.29 is 14.0 Å². The highest BCUT2D eigenvalue weighted by molar-refractivity contribution is 7.12. The van der Waals surface area contributed by atoms with Crippen molar-refractivity contribution in [2.24, 2.45) is 5.92 Å². The van der Waals surface area contributed by atoms with Crippen LogP contribution in [0.25, 0.3) is 0 Å². The Morgan fingerprint density at radius 1 is 1.52 bits per heavy atom. The molecule has 3 heterocycles. The molecule has 0 unspecified atom stereocenters. The first-order valence-corrected chi connectivity index (χ1v) is 9.14. The van der Waals surface area contributed by atoms with E-state index in [9.17, 15) is 14.0 Å². The second-order valence-electron chi connectivity index (χ2n) is 6.39. The van der Waals surface area contributed by atoms with E-state index in [0.717, 1.165) is 42.8 Å². The number of amides is 2. The number of hydrogen-bond acceptors (Lipinski definition) is 4. The second-order valence-corrected chi connectivity index (χ2v) is 7.39. The van der Waals surface area contributed by atoms with Gasteiger partial charge in [0.2, 0.25) is 5.91 Å². The monoisotopic (exact) mass is 364 g/mol. The van der Waals surface area contributed by atoms with Gasteiger partial charge in [0.05, 0.1) is 17.5 Å². The Labute approximate surface area is 149 Å². The number of hydrogen-bond donors (Lipinski definition) is 2. The lowest BCUT2D eigenvalue weighted by Crippen LogP contribution is -2.31. The van der Waals surface area contributed by atoms with E-state index in [1.807, 2.05) is 4.90 Å². The van der Waals surface area contributed by atoms with Gasteiger partial charge >= 0.3 is 0 Å². The van der Waals surface area contributed by atoms with Gasteiger partial charge < -0.3 is 10.2 Å². The Kier molecular flexibility index (Phi) is 5.47. The van der Waals surface area contributed by atoms with Gasteiger partial charge in [-0.2, -0.15) is 9.49 Å². The van der Waals surface area contributed by atoms with E-state index < -0.39 is 0 Å². The van der Waals surface area contributed by atoms with Crippen LogP contribution in [-0.2, 0) is 11.2 Å². The highest BCUT2D eigenvalue weighted by atomic mass is 32.1. The van der Waals surface area contributed by atoms with E-state index >= 15 is 0 Å². The summed E-state index contributed by atoms with van der Waals surface area (Å²) in [5, 5.41) is 9.06. The molecular weight excluding hydrogens is 343 g/mol. The number of H-pyrrole nitrogens is 1. The van der Waals surface area contributed by atoms with Gasteiger partial charge in [0, 0.05) is 25.8 Å². The van der Waals surface area contributed by atoms with Gasteiger partial charge in [-0.05, 0) is 42.9 Å². The third-order valence-electron chi connectivity index (χ3n) is 4.48. The molecule has 0 saturated carbocycles. The topological polar surface area (TPSA) is 78.1 Å². The van der Waals surface area contributed by atoms with Crippen LogP contribution in [0.15, 0.2) is 18.5 Å². The first-order valence-electron chi connectivity index (χ1n) is 8.32. The van der Waals surface area contributed by atoms with Crippen molar-refractivity contribution in [2.75, 3.05) is 19.6 Å². The minimum Gasteiger partial charge on any atom is -0.351 e. The minimum atomic E-state index is -0.342. The number of rotatable bonds is 6. The Hall–Kier alpha value is -2.22. The number of aryl methyl sites for hydroxylation is 1. The summed E-state index contributed by atoms with van der Waals surface area (Å²) >= 11 is 0.872. The molecule has 0 bridgehead atoms. The van der Waals surface area contributed by atoms with E-state index in [1.165, 1.54) is 6.07 Å². The summed E-state index contributed by atoms with van der Waals surface area (Å²) < 4.78 is 13.2. The maximum Gasteiger partial charge on any atom is 0.261 e. The molecule has 1 fully saturated rings. The van der Waals surface area contributed by atoms with Crippen molar-refractivity contribution in [3.8, 4) is 0 Å². The molecule has 8 heteroatoms. The van der Waals surface area contributed by atoms with Crippen molar-refractivity contribution >= 4 is 23.2 Å². The van der Waals surface area contributed by atoms with Crippen LogP contribution in [0, 0.1) is 18.0 Å². The molecule has 1 atom stereocenters. The molecule has 2 aromatic heterocycles. The fourth-order valence-corrected chi connectivity index (χ4v) is 3.91. The number of carbonyl (C=O) groups excluding carboxylic acids is 2. The Morgan fingerprint density at radius 2 is 2.36 bits per heavy atom. The SMILES string of the molecule is Cc1cc(F)sc1C(=O)NCC[C@H]1CCN(C(=O)Cc2cn[nH]c2)C1. The average molecular weight is 364 g/mol. The molecule has 0 aromatic carbocycles. The normalized spacial score (nSPS) is 17.0. The largest absolute Gasteiger partial charge is 0.351 e. The number of aromatic nitrogens is 2. The zero-order valence-electron chi connectivity index (χ0n) is 14.0. The maximum absolute atomic E-state index is 13.2. The van der Waals surface area contributed by atoms with Crippen molar-refractivity contribution in [2.45, 2.75) is 26.2 Å². The van der Waals surface area contributed by atoms with Crippen molar-refractivity contribution in [1.82, 2.24) is 20.4 Å². The Bertz CT molecular complexity index is 744. The Balaban J connectivity index is 1.40. The van der Waals surface area contributed by atoms with Crippen LogP contribution in [0.3, 0.4) is 0 Å². The summed E-state index contributed by atoms with van der Waals surface area (Å²) in [6, 6.07) is 1.38. The molecule has 2 aromatic rings. The molecule has 0 aliphatic carbocycles. The van der Waals surface area contributed by atoms with E-state index in [4.69, 9.17) is 0 Å². The summed E-state index contributed by atoms with van der Waals surface area (Å²) in [6.45, 7) is 3.74. The van der Waals surface area contributed by atoms with Crippen LogP contribution in [0.5, 0.6) is 0 Å². The lowest BCUT2D eigenvalue weighted by atomic mass is 10.1. The maximum atomic E-state index is 13.2. The van der Waals surface area contributed by atoms with Gasteiger partial charge in [0.15, 0.2) is 5.13 Å². The van der Waals surface area contributed by atoms with Crippen LogP contribution >= 0.6 is 11.3 Å². The van der Waals surface area contributed by atoms with Gasteiger partial charge in [0.25, 0.3) is 5.91 Å². The minimum absolute atomic E-state index is 0.109. The standard InChI is InChI=1S/C17H21FN4O2S/c1-11-6-14(18)25-16(11)17(24)19-4-2-12-3-5-22(10-12)15(23)7-13-8-20-21-9-13/h6,8-9,12H,2-5,7,10H2,1H3,(H,19,24)(H,20,21)/t12-/m0/s1. The molecule has 6 nitrogen and oxygen atoms in total. The quantitative estimate of drug-likeness (QED) is 0.824. The molecule has 134 valence electrons. The predicted molar refractivity (Wildman–Crippen MR) is 92.9 cm³/mol. The zero-order valence-corrected chi connectivity index (χ0v) is 14.9. The van der Waals surface area contributed by atoms with E-state index in [2.05, 4.69) is 15.5 Å². The third-order valence-corrected chi connectivity index (χ3v) is 5.51. The van der Waals surface area contributed by atoms with Crippen LogP contribution < -0.4 is 5.32 Å². The molecule has 1 aliphatic rings. The fourth-order valence-electron chi connectivity index (χ4n) is 3.09. The van der Waals surface area contributed by atoms with E-state index in [1.54, 1.807) is 19.3 Å². The number of carbonyl (C=O) groups is 2. The van der Waals surface area contributed by atoms with Gasteiger partial charge in [-0.25, -0.2) is 0 Å². The van der Waals surface area contributed by atoms with Gasteiger partial charge in [-0.3, -0.25) is 14.7 Å². The smallest absolute Gasteiger partial charge is 0.261 e. The van der Waals surface area contributed by atoms with Crippen molar-refractivity contribution in [3.63, 3.8) is 0 Å². The summed E-state index contributed by atoms with van der Waals surface area (Å²) in [7, 11) is 0. The lowest BCUT2D eigenvalue weighted by Gasteiger charge is -2.16. The van der Waals surface area contributed by atoms with Crippen molar-refractivity contribution in [1.29, 1.82) is 0 Å². The molecule has 25 heavy (non-hydrogen) atoms. The number of nitrogens with one attached hydrogen (secondary N) is 2. The number of halogens is 1. The molecular formula is C17H21FN4O2S. The predicted octanol–water partition coefficient (Wildman–Crippen LogP) is 2.13. The lowest BCUT2D eigenvalue weighted by molar-refractivity contribution is -0.129. The van der Waals surface area contributed by atoms with E-state index in [-0.39, 0.29) is 16.9 Å². The summed E-state index contributed by atoms with van der Waals surface area (Å²) in [5.74, 6) is 0.268. The zero-order chi connectivity index (χ0) is 17.8. The third kappa shape index (κ3) is 4.45. The number of nitrogens with zero attached hydrogens (tertiary/aromatic N) is 2. The van der Waals surface area contributed by atoms with Crippen LogP contribution in [-0.4, -0.2) is 46.5 Å². The molecule has 0 radical (unpaired) electrons. The highest BCUT2D eigenvalue weighted by Crippen LogP contribution is 2.21. The average Bonchev–Trinajstić information content (AvgIpc) is 3.29. The first-order chi connectivity index (χ1) is 12.0. The molecule has 2 amide bonds. The number of aromatic amines is 1. The fraction of sp³-hybridized carbons (Fsp3) is 0.471. The van der Waals surface area contributed by atoms with Gasteiger partial charge in [0.1, 0.15) is 0 Å². The van der Waals surface area contributed by atoms with Gasteiger partial charge in [-0.1, -0.05) is 0 Å². The van der Waals surface area contributed by atoms with Crippen LogP contribution in [0.1, 0.15) is 33.6 Å². The highest BCUT2D eigenvalue weighted by Gasteiger charge is 2.26. The number of thiophene rings is 1. The molecule has 3 rings (SSSR count). The van der Waals surface area contributed by atoms with Crippen LogP contribution in [0.2, 0.25) is 0 Å². The molecule has 1 aliphatic heterocycles. The number of likely N-dealkylation sites (tertiary alicyclic amines) is 1. The van der Waals surface area contributed by atoms with Crippen LogP contribution in [0.4, 0.5) is 4.39 Å². The van der Waals surface area contributed by atoms with Gasteiger partial charge in [-0.15, -0.1) is 11.3 Å². The molecule has 0 spiro atoms. The van der Waals surface area contributed by atoms with Crippen molar-refractivity contribution in [3.05, 3.63) is 39.6 Å². The summed E-state index contributed by atoms with van der Waals surface area (Å²) in [5.41, 5.74) is 1.55. The second kappa shape index (κ2) is 7.77. The summed E-state index contributed by atoms with van der Waals surface area (Å²) in [6.07, 6.45) is 5.52. The van der Waals surface area contributed by atoms with E-state index in [0.29, 0.717) is 29.3 Å². The molecule has 1 saturated heterocycles. The molecule has 2 N–H and O–H groups in total.